The number of imide groups is 1. The highest BCUT2D eigenvalue weighted by molar-refractivity contribution is 6.07. The van der Waals surface area contributed by atoms with Gasteiger partial charge in [0.15, 0.2) is 0 Å². The zero-order valence-corrected chi connectivity index (χ0v) is 14.8. The van der Waals surface area contributed by atoms with Gasteiger partial charge in [0, 0.05) is 19.2 Å². The van der Waals surface area contributed by atoms with Crippen LogP contribution < -0.4 is 10.6 Å². The maximum absolute atomic E-state index is 12.6. The Balaban J connectivity index is 1.60. The fourth-order valence-electron chi connectivity index (χ4n) is 3.29. The van der Waals surface area contributed by atoms with Gasteiger partial charge in [-0.05, 0) is 50.4 Å². The number of carbonyl (C=O) groups is 3. The van der Waals surface area contributed by atoms with E-state index in [0.29, 0.717) is 12.1 Å². The lowest BCUT2D eigenvalue weighted by molar-refractivity contribution is -0.132. The summed E-state index contributed by atoms with van der Waals surface area (Å²) in [5, 5.41) is 5.44. The molecule has 0 spiro atoms. The molecule has 1 aliphatic heterocycles. The van der Waals surface area contributed by atoms with Crippen LogP contribution in [0.2, 0.25) is 0 Å². The summed E-state index contributed by atoms with van der Waals surface area (Å²) in [6, 6.07) is 6.96. The molecule has 1 aromatic rings. The van der Waals surface area contributed by atoms with Crippen molar-refractivity contribution in [2.75, 3.05) is 20.8 Å². The summed E-state index contributed by atoms with van der Waals surface area (Å²) in [7, 11) is 3.46. The molecule has 1 saturated heterocycles. The van der Waals surface area contributed by atoms with E-state index >= 15 is 0 Å². The molecule has 1 saturated carbocycles. The standard InChI is InChI=1S/C18H24N4O3/c1-18(14-8-9-14)16(24)22(17(25)20-18)11-21(3)10-12-4-6-13(7-5-12)15(23)19-2/h4-7,14H,8-11H2,1-3H3,(H,19,23)(H,20,25)/t18-/m0/s1. The van der Waals surface area contributed by atoms with Gasteiger partial charge in [0.1, 0.15) is 5.54 Å². The van der Waals surface area contributed by atoms with E-state index in [-0.39, 0.29) is 30.4 Å². The van der Waals surface area contributed by atoms with Crippen LogP contribution >= 0.6 is 0 Å². The lowest BCUT2D eigenvalue weighted by Crippen LogP contribution is -2.46. The Hall–Kier alpha value is -2.41. The minimum absolute atomic E-state index is 0.126. The van der Waals surface area contributed by atoms with E-state index in [1.807, 2.05) is 31.0 Å². The van der Waals surface area contributed by atoms with Crippen molar-refractivity contribution in [2.24, 2.45) is 5.92 Å². The molecule has 0 aromatic heterocycles. The minimum Gasteiger partial charge on any atom is -0.355 e. The molecular weight excluding hydrogens is 320 g/mol. The summed E-state index contributed by atoms with van der Waals surface area (Å²) in [5.41, 5.74) is 0.864. The molecule has 0 radical (unpaired) electrons. The number of carbonyl (C=O) groups excluding carboxylic acids is 3. The van der Waals surface area contributed by atoms with E-state index in [4.69, 9.17) is 0 Å². The molecule has 1 heterocycles. The van der Waals surface area contributed by atoms with E-state index in [1.54, 1.807) is 19.2 Å². The first-order chi connectivity index (χ1) is 11.8. The fraction of sp³-hybridized carbons (Fsp3) is 0.500. The first-order valence-electron chi connectivity index (χ1n) is 8.49. The van der Waals surface area contributed by atoms with Crippen LogP contribution in [0.3, 0.4) is 0 Å². The highest BCUT2D eigenvalue weighted by atomic mass is 16.2. The molecule has 1 aliphatic carbocycles. The van der Waals surface area contributed by atoms with Gasteiger partial charge in [-0.1, -0.05) is 12.1 Å². The van der Waals surface area contributed by atoms with Crippen LogP contribution in [-0.2, 0) is 11.3 Å². The molecule has 0 unspecified atom stereocenters. The molecule has 25 heavy (non-hydrogen) atoms. The number of nitrogens with one attached hydrogen (secondary N) is 2. The van der Waals surface area contributed by atoms with Crippen molar-refractivity contribution in [1.29, 1.82) is 0 Å². The predicted molar refractivity (Wildman–Crippen MR) is 92.7 cm³/mol. The maximum Gasteiger partial charge on any atom is 0.326 e. The minimum atomic E-state index is -0.743. The maximum atomic E-state index is 12.6. The average molecular weight is 344 g/mol. The molecule has 2 N–H and O–H groups in total. The lowest BCUT2D eigenvalue weighted by Gasteiger charge is -2.24. The Bertz CT molecular complexity index is 699. The zero-order valence-electron chi connectivity index (χ0n) is 14.8. The SMILES string of the molecule is CNC(=O)c1ccc(CN(C)CN2C(=O)N[C@@](C)(C3CC3)C2=O)cc1. The zero-order chi connectivity index (χ0) is 18.2. The van der Waals surface area contributed by atoms with E-state index in [2.05, 4.69) is 10.6 Å². The van der Waals surface area contributed by atoms with Crippen molar-refractivity contribution in [3.8, 4) is 0 Å². The molecule has 7 heteroatoms. The highest BCUT2D eigenvalue weighted by Gasteiger charge is 2.56. The van der Waals surface area contributed by atoms with Gasteiger partial charge < -0.3 is 10.6 Å². The predicted octanol–water partition coefficient (Wildman–Crippen LogP) is 1.16. The number of urea groups is 1. The lowest BCUT2D eigenvalue weighted by atomic mass is 9.96. The van der Waals surface area contributed by atoms with Crippen molar-refractivity contribution in [3.05, 3.63) is 35.4 Å². The van der Waals surface area contributed by atoms with Crippen LogP contribution in [0.25, 0.3) is 0 Å². The van der Waals surface area contributed by atoms with Crippen molar-refractivity contribution >= 4 is 17.8 Å². The number of hydrogen-bond acceptors (Lipinski definition) is 4. The van der Waals surface area contributed by atoms with Gasteiger partial charge >= 0.3 is 6.03 Å². The summed E-state index contributed by atoms with van der Waals surface area (Å²) in [5.74, 6) is -0.00284. The summed E-state index contributed by atoms with van der Waals surface area (Å²) < 4.78 is 0. The van der Waals surface area contributed by atoms with Crippen LogP contribution in [0.1, 0.15) is 35.7 Å². The van der Waals surface area contributed by atoms with Gasteiger partial charge in [0.25, 0.3) is 11.8 Å². The smallest absolute Gasteiger partial charge is 0.326 e. The monoisotopic (exact) mass is 344 g/mol. The first-order valence-corrected chi connectivity index (χ1v) is 8.49. The van der Waals surface area contributed by atoms with Gasteiger partial charge in [0.2, 0.25) is 0 Å². The normalized spacial score (nSPS) is 23.1. The molecule has 7 nitrogen and oxygen atoms in total. The average Bonchev–Trinajstić information content (AvgIpc) is 3.41. The Kier molecular flexibility index (Phi) is 4.51. The van der Waals surface area contributed by atoms with E-state index in [0.717, 1.165) is 18.4 Å². The van der Waals surface area contributed by atoms with Gasteiger partial charge in [-0.3, -0.25) is 14.5 Å². The third-order valence-corrected chi connectivity index (χ3v) is 4.97. The topological polar surface area (TPSA) is 81.8 Å². The largest absolute Gasteiger partial charge is 0.355 e. The molecule has 2 aliphatic rings. The second-order valence-corrected chi connectivity index (χ2v) is 7.07. The molecule has 1 aromatic carbocycles. The number of rotatable bonds is 6. The summed E-state index contributed by atoms with van der Waals surface area (Å²) in [4.78, 5) is 39.6. The van der Waals surface area contributed by atoms with Crippen LogP contribution in [0, 0.1) is 5.92 Å². The summed E-state index contributed by atoms with van der Waals surface area (Å²) >= 11 is 0. The first kappa shape index (κ1) is 17.4. The summed E-state index contributed by atoms with van der Waals surface area (Å²) in [6.45, 7) is 2.64. The molecule has 134 valence electrons. The third kappa shape index (κ3) is 3.37. The van der Waals surface area contributed by atoms with Gasteiger partial charge in [-0.15, -0.1) is 0 Å². The Morgan fingerprint density at radius 1 is 1.32 bits per heavy atom. The van der Waals surface area contributed by atoms with E-state index in [9.17, 15) is 14.4 Å². The molecule has 0 bridgehead atoms. The van der Waals surface area contributed by atoms with Gasteiger partial charge in [0.05, 0.1) is 6.67 Å². The van der Waals surface area contributed by atoms with Gasteiger partial charge in [-0.25, -0.2) is 9.69 Å². The second-order valence-electron chi connectivity index (χ2n) is 7.07. The number of benzene rings is 1. The van der Waals surface area contributed by atoms with Crippen molar-refractivity contribution in [3.63, 3.8) is 0 Å². The van der Waals surface area contributed by atoms with Crippen molar-refractivity contribution in [1.82, 2.24) is 20.4 Å². The van der Waals surface area contributed by atoms with Crippen molar-refractivity contribution in [2.45, 2.75) is 31.8 Å². The molecule has 2 fully saturated rings. The Labute approximate surface area is 147 Å². The molecule has 1 atom stereocenters. The van der Waals surface area contributed by atoms with Crippen LogP contribution in [-0.4, -0.2) is 53.9 Å². The van der Waals surface area contributed by atoms with Crippen molar-refractivity contribution < 1.29 is 14.4 Å². The summed E-state index contributed by atoms with van der Waals surface area (Å²) in [6.07, 6.45) is 1.98. The Morgan fingerprint density at radius 3 is 2.52 bits per heavy atom. The number of hydrogen-bond donors (Lipinski definition) is 2. The van der Waals surface area contributed by atoms with Crippen LogP contribution in [0.5, 0.6) is 0 Å². The van der Waals surface area contributed by atoms with Crippen LogP contribution in [0.15, 0.2) is 24.3 Å². The molecule has 4 amide bonds. The molecular formula is C18H24N4O3. The molecule has 3 rings (SSSR count). The number of nitrogens with zero attached hydrogens (tertiary/aromatic N) is 2. The number of amides is 4. The third-order valence-electron chi connectivity index (χ3n) is 4.97. The van der Waals surface area contributed by atoms with Gasteiger partial charge in [-0.2, -0.15) is 0 Å². The van der Waals surface area contributed by atoms with E-state index in [1.165, 1.54) is 4.90 Å². The Morgan fingerprint density at radius 2 is 1.96 bits per heavy atom. The van der Waals surface area contributed by atoms with Crippen LogP contribution in [0.4, 0.5) is 4.79 Å². The second kappa shape index (κ2) is 6.48. The van der Waals surface area contributed by atoms with E-state index < -0.39 is 5.54 Å². The highest BCUT2D eigenvalue weighted by Crippen LogP contribution is 2.42. The quantitative estimate of drug-likeness (QED) is 0.759. The fourth-order valence-corrected chi connectivity index (χ4v) is 3.29.